The van der Waals surface area contributed by atoms with E-state index in [-0.39, 0.29) is 0 Å². The molecule has 2 nitrogen and oxygen atoms in total. The third kappa shape index (κ3) is 4.72. The van der Waals surface area contributed by atoms with Crippen LogP contribution in [0.15, 0.2) is 18.2 Å². The number of pyridine rings is 1. The Morgan fingerprint density at radius 1 is 1.50 bits per heavy atom. The fourth-order valence-electron chi connectivity index (χ4n) is 1.04. The number of nitrogens with zero attached hydrogens (tertiary/aromatic N) is 1. The first-order valence-electron chi connectivity index (χ1n) is 4.77. The summed E-state index contributed by atoms with van der Waals surface area (Å²) < 4.78 is 0. The van der Waals surface area contributed by atoms with Gasteiger partial charge in [-0.05, 0) is 30.1 Å². The highest BCUT2D eigenvalue weighted by molar-refractivity contribution is 7.99. The van der Waals surface area contributed by atoms with Gasteiger partial charge in [-0.1, -0.05) is 24.6 Å². The summed E-state index contributed by atoms with van der Waals surface area (Å²) in [4.78, 5) is 4.14. The van der Waals surface area contributed by atoms with Gasteiger partial charge < -0.3 is 5.32 Å². The van der Waals surface area contributed by atoms with Crippen molar-refractivity contribution >= 4 is 29.2 Å². The molecule has 0 aliphatic rings. The summed E-state index contributed by atoms with van der Waals surface area (Å²) in [6.07, 6.45) is 1.16. The average Bonchev–Trinajstić information content (AvgIpc) is 2.18. The van der Waals surface area contributed by atoms with E-state index in [0.717, 1.165) is 18.8 Å². The molecule has 1 aromatic rings. The standard InChI is InChI=1S/C10H15ClN2S/c1-2-14-8-4-7-12-10-6-3-5-9(11)13-10/h3,5-6H,2,4,7-8H2,1H3,(H,12,13). The number of hydrogen-bond donors (Lipinski definition) is 1. The van der Waals surface area contributed by atoms with E-state index in [9.17, 15) is 0 Å². The van der Waals surface area contributed by atoms with Crippen molar-refractivity contribution in [1.82, 2.24) is 4.98 Å². The van der Waals surface area contributed by atoms with E-state index in [2.05, 4.69) is 17.2 Å². The molecule has 0 radical (unpaired) electrons. The Balaban J connectivity index is 2.18. The molecule has 0 saturated carbocycles. The van der Waals surface area contributed by atoms with Crippen LogP contribution in [-0.2, 0) is 0 Å². The lowest BCUT2D eigenvalue weighted by Gasteiger charge is -2.04. The van der Waals surface area contributed by atoms with Crippen molar-refractivity contribution < 1.29 is 0 Å². The van der Waals surface area contributed by atoms with Crippen molar-refractivity contribution in [2.45, 2.75) is 13.3 Å². The summed E-state index contributed by atoms with van der Waals surface area (Å²) in [6, 6.07) is 5.61. The molecule has 14 heavy (non-hydrogen) atoms. The second kappa shape index (κ2) is 6.96. The fraction of sp³-hybridized carbons (Fsp3) is 0.500. The minimum atomic E-state index is 0.540. The predicted octanol–water partition coefficient (Wildman–Crippen LogP) is 3.29. The quantitative estimate of drug-likeness (QED) is 0.600. The number of nitrogens with one attached hydrogen (secondary N) is 1. The average molecular weight is 231 g/mol. The van der Waals surface area contributed by atoms with E-state index in [1.165, 1.54) is 11.5 Å². The smallest absolute Gasteiger partial charge is 0.131 e. The number of rotatable bonds is 6. The molecule has 1 aromatic heterocycles. The molecule has 1 rings (SSSR count). The van der Waals surface area contributed by atoms with Crippen molar-refractivity contribution in [3.63, 3.8) is 0 Å². The summed E-state index contributed by atoms with van der Waals surface area (Å²) in [5.74, 6) is 3.25. The van der Waals surface area contributed by atoms with Crippen LogP contribution in [0.5, 0.6) is 0 Å². The molecule has 1 N–H and O–H groups in total. The van der Waals surface area contributed by atoms with Crippen LogP contribution < -0.4 is 5.32 Å². The molecule has 0 unspecified atom stereocenters. The number of halogens is 1. The van der Waals surface area contributed by atoms with Crippen molar-refractivity contribution in [1.29, 1.82) is 0 Å². The molecule has 0 fully saturated rings. The van der Waals surface area contributed by atoms with Gasteiger partial charge in [-0.25, -0.2) is 4.98 Å². The van der Waals surface area contributed by atoms with Gasteiger partial charge in [0.25, 0.3) is 0 Å². The molecular formula is C10H15ClN2S. The van der Waals surface area contributed by atoms with Crippen molar-refractivity contribution in [2.75, 3.05) is 23.4 Å². The lowest BCUT2D eigenvalue weighted by atomic mass is 10.4. The third-order valence-corrected chi connectivity index (χ3v) is 2.89. The van der Waals surface area contributed by atoms with Crippen LogP contribution in [0.4, 0.5) is 5.82 Å². The zero-order valence-corrected chi connectivity index (χ0v) is 9.87. The van der Waals surface area contributed by atoms with Gasteiger partial charge in [0.1, 0.15) is 11.0 Å². The van der Waals surface area contributed by atoms with Gasteiger partial charge in [-0.15, -0.1) is 0 Å². The Morgan fingerprint density at radius 3 is 3.07 bits per heavy atom. The van der Waals surface area contributed by atoms with E-state index in [1.807, 2.05) is 23.9 Å². The maximum Gasteiger partial charge on any atom is 0.131 e. The van der Waals surface area contributed by atoms with Gasteiger partial charge in [0, 0.05) is 6.54 Å². The Labute approximate surface area is 94.5 Å². The zero-order valence-electron chi connectivity index (χ0n) is 8.29. The molecule has 1 heterocycles. The second-order valence-electron chi connectivity index (χ2n) is 2.82. The summed E-state index contributed by atoms with van der Waals surface area (Å²) in [5, 5.41) is 3.78. The minimum Gasteiger partial charge on any atom is -0.370 e. The predicted molar refractivity (Wildman–Crippen MR) is 65.4 cm³/mol. The summed E-state index contributed by atoms with van der Waals surface area (Å²) >= 11 is 7.71. The van der Waals surface area contributed by atoms with Gasteiger partial charge >= 0.3 is 0 Å². The van der Waals surface area contributed by atoms with Gasteiger partial charge in [-0.2, -0.15) is 11.8 Å². The van der Waals surface area contributed by atoms with Crippen LogP contribution in [0.1, 0.15) is 13.3 Å². The first kappa shape index (κ1) is 11.7. The number of aromatic nitrogens is 1. The normalized spacial score (nSPS) is 10.1. The highest BCUT2D eigenvalue weighted by atomic mass is 35.5. The Kier molecular flexibility index (Phi) is 5.80. The third-order valence-electron chi connectivity index (χ3n) is 1.69. The summed E-state index contributed by atoms with van der Waals surface area (Å²) in [6.45, 7) is 3.14. The highest BCUT2D eigenvalue weighted by Crippen LogP contribution is 2.09. The minimum absolute atomic E-state index is 0.540. The largest absolute Gasteiger partial charge is 0.370 e. The molecule has 0 aromatic carbocycles. The number of anilines is 1. The molecule has 0 aliphatic carbocycles. The van der Waals surface area contributed by atoms with E-state index >= 15 is 0 Å². The van der Waals surface area contributed by atoms with Gasteiger partial charge in [0.15, 0.2) is 0 Å². The van der Waals surface area contributed by atoms with Crippen LogP contribution in [0.25, 0.3) is 0 Å². The second-order valence-corrected chi connectivity index (χ2v) is 4.60. The molecule has 0 aliphatic heterocycles. The zero-order chi connectivity index (χ0) is 10.2. The molecule has 0 amide bonds. The maximum absolute atomic E-state index is 5.75. The van der Waals surface area contributed by atoms with Gasteiger partial charge in [0.2, 0.25) is 0 Å². The molecular weight excluding hydrogens is 216 g/mol. The van der Waals surface area contributed by atoms with Crippen LogP contribution in [-0.4, -0.2) is 23.0 Å². The maximum atomic E-state index is 5.75. The van der Waals surface area contributed by atoms with Crippen LogP contribution in [0.3, 0.4) is 0 Å². The summed E-state index contributed by atoms with van der Waals surface area (Å²) in [5.41, 5.74) is 0. The summed E-state index contributed by atoms with van der Waals surface area (Å²) in [7, 11) is 0. The fourth-order valence-corrected chi connectivity index (χ4v) is 1.84. The molecule has 0 saturated heterocycles. The lowest BCUT2D eigenvalue weighted by molar-refractivity contribution is 0.981. The first-order chi connectivity index (χ1) is 6.83. The van der Waals surface area contributed by atoms with Crippen molar-refractivity contribution in [3.8, 4) is 0 Å². The van der Waals surface area contributed by atoms with Gasteiger partial charge in [-0.3, -0.25) is 0 Å². The number of hydrogen-bond acceptors (Lipinski definition) is 3. The molecule has 4 heteroatoms. The van der Waals surface area contributed by atoms with Crippen LogP contribution >= 0.6 is 23.4 Å². The molecule has 0 spiro atoms. The topological polar surface area (TPSA) is 24.9 Å². The van der Waals surface area contributed by atoms with Gasteiger partial charge in [0.05, 0.1) is 0 Å². The Bertz CT molecular complexity index is 268. The first-order valence-corrected chi connectivity index (χ1v) is 6.30. The molecule has 0 bridgehead atoms. The van der Waals surface area contributed by atoms with Crippen molar-refractivity contribution in [3.05, 3.63) is 23.4 Å². The van der Waals surface area contributed by atoms with E-state index in [0.29, 0.717) is 5.15 Å². The molecule has 78 valence electrons. The SMILES string of the molecule is CCSCCCNc1cccc(Cl)n1. The van der Waals surface area contributed by atoms with Crippen LogP contribution in [0, 0.1) is 0 Å². The lowest BCUT2D eigenvalue weighted by Crippen LogP contribution is -2.04. The van der Waals surface area contributed by atoms with E-state index in [4.69, 9.17) is 11.6 Å². The highest BCUT2D eigenvalue weighted by Gasteiger charge is 1.93. The molecule has 0 atom stereocenters. The van der Waals surface area contributed by atoms with Crippen molar-refractivity contribution in [2.24, 2.45) is 0 Å². The van der Waals surface area contributed by atoms with E-state index in [1.54, 1.807) is 6.07 Å². The van der Waals surface area contributed by atoms with Crippen LogP contribution in [0.2, 0.25) is 5.15 Å². The Morgan fingerprint density at radius 2 is 2.36 bits per heavy atom. The monoisotopic (exact) mass is 230 g/mol. The Hall–Kier alpha value is -0.410. The van der Waals surface area contributed by atoms with E-state index < -0.39 is 0 Å². The number of thioether (sulfide) groups is 1.